The van der Waals surface area contributed by atoms with Crippen molar-refractivity contribution in [2.45, 2.75) is 38.7 Å². The molecule has 5 rings (SSSR count). The number of methoxy groups -OCH3 is 1. The molecule has 0 spiro atoms. The summed E-state index contributed by atoms with van der Waals surface area (Å²) in [5.74, 6) is 0.872. The molecule has 0 aliphatic carbocycles. The van der Waals surface area contributed by atoms with E-state index in [-0.39, 0.29) is 18.5 Å². The lowest BCUT2D eigenvalue weighted by Crippen LogP contribution is -2.47. The van der Waals surface area contributed by atoms with E-state index >= 15 is 0 Å². The maximum absolute atomic E-state index is 6.45. The van der Waals surface area contributed by atoms with Crippen molar-refractivity contribution in [3.63, 3.8) is 0 Å². The fourth-order valence-electron chi connectivity index (χ4n) is 5.83. The summed E-state index contributed by atoms with van der Waals surface area (Å²) in [5.41, 5.74) is 5.73. The highest BCUT2D eigenvalue weighted by Crippen LogP contribution is 2.30. The van der Waals surface area contributed by atoms with Crippen molar-refractivity contribution in [3.8, 4) is 5.75 Å². The first-order valence-corrected chi connectivity index (χ1v) is 15.5. The van der Waals surface area contributed by atoms with Gasteiger partial charge in [0.1, 0.15) is 11.9 Å². The van der Waals surface area contributed by atoms with Crippen molar-refractivity contribution in [1.29, 1.82) is 0 Å². The number of hydrogen-bond acceptors (Lipinski definition) is 6. The molecule has 2 heterocycles. The van der Waals surface area contributed by atoms with Crippen LogP contribution >= 0.6 is 12.4 Å². The second-order valence-corrected chi connectivity index (χ2v) is 11.3. The van der Waals surface area contributed by atoms with Crippen LogP contribution in [0.2, 0.25) is 0 Å². The van der Waals surface area contributed by atoms with Crippen LogP contribution in [0.25, 0.3) is 10.9 Å². The molecular formula is C36H47ClN4O2. The van der Waals surface area contributed by atoms with Crippen LogP contribution in [0.3, 0.4) is 0 Å². The van der Waals surface area contributed by atoms with Crippen LogP contribution in [0.4, 0.5) is 5.69 Å². The van der Waals surface area contributed by atoms with Crippen LogP contribution in [0.1, 0.15) is 48.5 Å². The molecule has 7 heteroatoms. The average molecular weight is 603 g/mol. The molecule has 1 fully saturated rings. The number of rotatable bonds is 15. The van der Waals surface area contributed by atoms with Crippen LogP contribution in [-0.2, 0) is 4.74 Å². The molecule has 0 radical (unpaired) electrons. The minimum absolute atomic E-state index is 0. The minimum atomic E-state index is -0.0142. The first-order valence-electron chi connectivity index (χ1n) is 15.5. The monoisotopic (exact) mass is 602 g/mol. The summed E-state index contributed by atoms with van der Waals surface area (Å²) in [7, 11) is 1.72. The SMILES string of the molecule is COc1cc(NCCCCCCN2CCN(CCOC(c3ccccc3)c3ccccc3)CC2)c2nccc(C)c2c1.Cl. The number of unbranched alkanes of at least 4 members (excludes halogenated alkanes) is 3. The van der Waals surface area contributed by atoms with E-state index in [9.17, 15) is 0 Å². The predicted molar refractivity (Wildman–Crippen MR) is 181 cm³/mol. The Balaban J connectivity index is 0.00000423. The standard InChI is InChI=1S/C36H46N4O2.ClH/c1-29-17-19-38-35-33(29)27-32(41-2)28-34(35)37-18-11-3-4-12-20-39-21-23-40(24-22-39)25-26-42-36(30-13-7-5-8-14-30)31-15-9-6-10-16-31;/h5-10,13-17,19,27-28,36-37H,3-4,11-12,18,20-26H2,1-2H3;1H. The summed E-state index contributed by atoms with van der Waals surface area (Å²) in [4.78, 5) is 9.80. The Morgan fingerprint density at radius 2 is 1.42 bits per heavy atom. The number of pyridine rings is 1. The van der Waals surface area contributed by atoms with Gasteiger partial charge in [-0.25, -0.2) is 0 Å². The Hall–Kier alpha value is -3.16. The van der Waals surface area contributed by atoms with Crippen molar-refractivity contribution in [2.75, 3.05) is 64.8 Å². The average Bonchev–Trinajstić information content (AvgIpc) is 3.04. The number of fused-ring (bicyclic) bond motifs is 1. The van der Waals surface area contributed by atoms with Gasteiger partial charge in [0.15, 0.2) is 0 Å². The molecule has 1 aliphatic rings. The fourth-order valence-corrected chi connectivity index (χ4v) is 5.83. The predicted octanol–water partition coefficient (Wildman–Crippen LogP) is 7.37. The third kappa shape index (κ3) is 9.41. The highest BCUT2D eigenvalue weighted by atomic mass is 35.5. The van der Waals surface area contributed by atoms with E-state index in [0.717, 1.165) is 74.6 Å². The Morgan fingerprint density at radius 1 is 0.791 bits per heavy atom. The zero-order chi connectivity index (χ0) is 29.0. The number of piperazine rings is 1. The zero-order valence-electron chi connectivity index (χ0n) is 25.7. The minimum Gasteiger partial charge on any atom is -0.497 e. The lowest BCUT2D eigenvalue weighted by atomic mass is 10.0. The fraction of sp³-hybridized carbons (Fsp3) is 0.417. The number of nitrogens with zero attached hydrogens (tertiary/aromatic N) is 3. The van der Waals surface area contributed by atoms with Crippen LogP contribution < -0.4 is 10.1 Å². The van der Waals surface area contributed by atoms with Crippen molar-refractivity contribution in [3.05, 3.63) is 102 Å². The van der Waals surface area contributed by atoms with Crippen molar-refractivity contribution >= 4 is 29.0 Å². The van der Waals surface area contributed by atoms with Gasteiger partial charge in [0.25, 0.3) is 0 Å². The van der Waals surface area contributed by atoms with E-state index < -0.39 is 0 Å². The van der Waals surface area contributed by atoms with Crippen LogP contribution in [0.15, 0.2) is 85.1 Å². The summed E-state index contributed by atoms with van der Waals surface area (Å²) in [5, 5.41) is 4.76. The molecule has 6 nitrogen and oxygen atoms in total. The number of nitrogens with one attached hydrogen (secondary N) is 1. The third-order valence-corrected chi connectivity index (χ3v) is 8.35. The largest absolute Gasteiger partial charge is 0.497 e. The van der Waals surface area contributed by atoms with Gasteiger partial charge in [-0.3, -0.25) is 9.88 Å². The first kappa shape index (κ1) is 32.7. The number of anilines is 1. The summed E-state index contributed by atoms with van der Waals surface area (Å²) in [6.07, 6.45) is 6.80. The lowest BCUT2D eigenvalue weighted by Gasteiger charge is -2.35. The van der Waals surface area contributed by atoms with E-state index in [1.54, 1.807) is 7.11 Å². The molecule has 1 aliphatic heterocycles. The number of aryl methyl sites for hydroxylation is 1. The second kappa shape index (κ2) is 17.2. The van der Waals surface area contributed by atoms with Gasteiger partial charge in [-0.1, -0.05) is 73.5 Å². The molecule has 0 atom stereocenters. The first-order chi connectivity index (χ1) is 20.7. The maximum atomic E-state index is 6.45. The zero-order valence-corrected chi connectivity index (χ0v) is 26.5. The number of aromatic nitrogens is 1. The van der Waals surface area contributed by atoms with Gasteiger partial charge in [0.05, 0.1) is 24.9 Å². The summed E-state index contributed by atoms with van der Waals surface area (Å²) >= 11 is 0. The number of benzene rings is 3. The molecule has 3 aromatic carbocycles. The van der Waals surface area contributed by atoms with Gasteiger partial charge in [-0.05, 0) is 55.1 Å². The lowest BCUT2D eigenvalue weighted by molar-refractivity contribution is 0.0450. The topological polar surface area (TPSA) is 49.9 Å². The normalized spacial score (nSPS) is 14.1. The Bertz CT molecular complexity index is 1320. The second-order valence-electron chi connectivity index (χ2n) is 11.3. The van der Waals surface area contributed by atoms with Crippen LogP contribution in [-0.4, -0.2) is 74.3 Å². The number of ether oxygens (including phenoxy) is 2. The summed E-state index contributed by atoms with van der Waals surface area (Å²) < 4.78 is 12.0. The number of hydrogen-bond donors (Lipinski definition) is 1. The molecule has 0 unspecified atom stereocenters. The molecule has 1 saturated heterocycles. The van der Waals surface area contributed by atoms with Gasteiger partial charge in [0.2, 0.25) is 0 Å². The Kier molecular flexibility index (Phi) is 13.1. The summed E-state index contributed by atoms with van der Waals surface area (Å²) in [6.45, 7) is 10.5. The van der Waals surface area contributed by atoms with E-state index in [2.05, 4.69) is 99.8 Å². The van der Waals surface area contributed by atoms with E-state index in [0.29, 0.717) is 0 Å². The van der Waals surface area contributed by atoms with E-state index in [1.807, 2.05) is 12.3 Å². The van der Waals surface area contributed by atoms with Crippen molar-refractivity contribution < 1.29 is 9.47 Å². The van der Waals surface area contributed by atoms with Gasteiger partial charge in [-0.15, -0.1) is 12.4 Å². The van der Waals surface area contributed by atoms with E-state index in [4.69, 9.17) is 9.47 Å². The quantitative estimate of drug-likeness (QED) is 0.143. The maximum Gasteiger partial charge on any atom is 0.121 e. The highest BCUT2D eigenvalue weighted by molar-refractivity contribution is 5.93. The van der Waals surface area contributed by atoms with E-state index in [1.165, 1.54) is 42.5 Å². The molecule has 1 aromatic heterocycles. The van der Waals surface area contributed by atoms with Crippen molar-refractivity contribution in [1.82, 2.24) is 14.8 Å². The summed E-state index contributed by atoms with van der Waals surface area (Å²) in [6, 6.07) is 27.3. The molecule has 0 saturated carbocycles. The molecule has 0 amide bonds. The third-order valence-electron chi connectivity index (χ3n) is 8.35. The van der Waals surface area contributed by atoms with Crippen molar-refractivity contribution in [2.24, 2.45) is 0 Å². The van der Waals surface area contributed by atoms with Gasteiger partial charge in [-0.2, -0.15) is 0 Å². The van der Waals surface area contributed by atoms with Crippen LogP contribution in [0, 0.1) is 6.92 Å². The van der Waals surface area contributed by atoms with Gasteiger partial charge < -0.3 is 19.7 Å². The van der Waals surface area contributed by atoms with Gasteiger partial charge in [0, 0.05) is 56.9 Å². The number of halogens is 1. The molecule has 1 N–H and O–H groups in total. The molecule has 43 heavy (non-hydrogen) atoms. The smallest absolute Gasteiger partial charge is 0.121 e. The Labute approximate surface area is 263 Å². The van der Waals surface area contributed by atoms with Gasteiger partial charge >= 0.3 is 0 Å². The molecular weight excluding hydrogens is 556 g/mol. The Morgan fingerprint density at radius 3 is 2.07 bits per heavy atom. The molecule has 0 bridgehead atoms. The molecule has 4 aromatic rings. The van der Waals surface area contributed by atoms with Crippen LogP contribution in [0.5, 0.6) is 5.75 Å². The highest BCUT2D eigenvalue weighted by Gasteiger charge is 2.18. The molecule has 230 valence electrons.